The number of rotatable bonds is 10. The van der Waals surface area contributed by atoms with Crippen molar-refractivity contribution in [2.45, 2.75) is 13.8 Å². The molecule has 0 saturated carbocycles. The molecule has 0 unspecified atom stereocenters. The SMILES string of the molecule is CCOc1ccc(/C=C2\SC(=O)N(CC(=O)NCCOC)C2=O)cc1OCC. The van der Waals surface area contributed by atoms with Crippen LogP contribution in [0.1, 0.15) is 19.4 Å². The fraction of sp³-hybridized carbons (Fsp3) is 0.421. The molecule has 1 aromatic carbocycles. The van der Waals surface area contributed by atoms with Gasteiger partial charge in [0.1, 0.15) is 6.54 Å². The maximum Gasteiger partial charge on any atom is 0.294 e. The number of carbonyl (C=O) groups is 3. The molecule has 152 valence electrons. The smallest absolute Gasteiger partial charge is 0.294 e. The van der Waals surface area contributed by atoms with Crippen LogP contribution >= 0.6 is 11.8 Å². The predicted octanol–water partition coefficient (Wildman–Crippen LogP) is 2.28. The van der Waals surface area contributed by atoms with Crippen molar-refractivity contribution in [1.82, 2.24) is 10.2 Å². The van der Waals surface area contributed by atoms with Crippen LogP contribution < -0.4 is 14.8 Å². The Balaban J connectivity index is 2.12. The van der Waals surface area contributed by atoms with Crippen LogP contribution in [-0.4, -0.2) is 62.0 Å². The summed E-state index contributed by atoms with van der Waals surface area (Å²) in [5.74, 6) is 0.265. The number of hydrogen-bond acceptors (Lipinski definition) is 7. The number of methoxy groups -OCH3 is 1. The minimum absolute atomic E-state index is 0.251. The Morgan fingerprint density at radius 3 is 2.57 bits per heavy atom. The lowest BCUT2D eigenvalue weighted by molar-refractivity contribution is -0.129. The molecule has 0 bridgehead atoms. The molecule has 0 spiro atoms. The topological polar surface area (TPSA) is 94.2 Å². The second-order valence-electron chi connectivity index (χ2n) is 5.68. The monoisotopic (exact) mass is 408 g/mol. The Kier molecular flexibility index (Phi) is 8.34. The van der Waals surface area contributed by atoms with Crippen molar-refractivity contribution in [3.8, 4) is 11.5 Å². The summed E-state index contributed by atoms with van der Waals surface area (Å²) in [6.07, 6.45) is 1.60. The summed E-state index contributed by atoms with van der Waals surface area (Å²) in [6.45, 7) is 5.07. The van der Waals surface area contributed by atoms with E-state index in [0.717, 1.165) is 16.7 Å². The van der Waals surface area contributed by atoms with Crippen LogP contribution in [-0.2, 0) is 14.3 Å². The molecule has 0 radical (unpaired) electrons. The Hall–Kier alpha value is -2.52. The van der Waals surface area contributed by atoms with Crippen LogP contribution in [0, 0.1) is 0 Å². The lowest BCUT2D eigenvalue weighted by Gasteiger charge is -2.12. The Morgan fingerprint density at radius 2 is 1.89 bits per heavy atom. The van der Waals surface area contributed by atoms with E-state index in [-0.39, 0.29) is 11.4 Å². The van der Waals surface area contributed by atoms with Crippen molar-refractivity contribution >= 4 is 34.9 Å². The van der Waals surface area contributed by atoms with Crippen LogP contribution in [0.5, 0.6) is 11.5 Å². The summed E-state index contributed by atoms with van der Waals surface area (Å²) in [4.78, 5) is 37.7. The number of imide groups is 1. The van der Waals surface area contributed by atoms with Gasteiger partial charge in [-0.1, -0.05) is 6.07 Å². The van der Waals surface area contributed by atoms with E-state index < -0.39 is 17.1 Å². The zero-order valence-electron chi connectivity index (χ0n) is 16.1. The molecule has 0 aliphatic carbocycles. The maximum absolute atomic E-state index is 12.5. The van der Waals surface area contributed by atoms with Crippen molar-refractivity contribution in [3.63, 3.8) is 0 Å². The number of thioether (sulfide) groups is 1. The van der Waals surface area contributed by atoms with Crippen molar-refractivity contribution in [2.75, 3.05) is 40.0 Å². The number of hydrogen-bond donors (Lipinski definition) is 1. The molecule has 1 aliphatic heterocycles. The summed E-state index contributed by atoms with van der Waals surface area (Å²) in [5, 5.41) is 2.11. The summed E-state index contributed by atoms with van der Waals surface area (Å²) in [7, 11) is 1.52. The molecule has 0 atom stereocenters. The lowest BCUT2D eigenvalue weighted by Crippen LogP contribution is -2.40. The van der Waals surface area contributed by atoms with Gasteiger partial charge in [0.2, 0.25) is 5.91 Å². The third kappa shape index (κ3) is 5.74. The molecule has 1 fully saturated rings. The molecule has 2 rings (SSSR count). The molecule has 1 aliphatic rings. The van der Waals surface area contributed by atoms with Gasteiger partial charge in [0.15, 0.2) is 11.5 Å². The summed E-state index contributed by atoms with van der Waals surface area (Å²) >= 11 is 0.802. The molecule has 8 nitrogen and oxygen atoms in total. The van der Waals surface area contributed by atoms with Crippen molar-refractivity contribution in [1.29, 1.82) is 0 Å². The van der Waals surface area contributed by atoms with Gasteiger partial charge in [-0.2, -0.15) is 0 Å². The van der Waals surface area contributed by atoms with Gasteiger partial charge < -0.3 is 19.5 Å². The maximum atomic E-state index is 12.5. The van der Waals surface area contributed by atoms with Crippen molar-refractivity contribution < 1.29 is 28.6 Å². The molecule has 1 aromatic rings. The van der Waals surface area contributed by atoms with Gasteiger partial charge in [-0.05, 0) is 49.4 Å². The van der Waals surface area contributed by atoms with Gasteiger partial charge in [0.05, 0.1) is 24.7 Å². The number of nitrogens with one attached hydrogen (secondary N) is 1. The van der Waals surface area contributed by atoms with Gasteiger partial charge in [0, 0.05) is 13.7 Å². The first kappa shape index (κ1) is 21.8. The van der Waals surface area contributed by atoms with E-state index in [1.54, 1.807) is 24.3 Å². The molecule has 1 heterocycles. The summed E-state index contributed by atoms with van der Waals surface area (Å²) < 4.78 is 15.9. The van der Waals surface area contributed by atoms with Crippen LogP contribution in [0.15, 0.2) is 23.1 Å². The minimum atomic E-state index is -0.497. The molecule has 1 N–H and O–H groups in total. The number of nitrogens with zero attached hydrogens (tertiary/aromatic N) is 1. The van der Waals surface area contributed by atoms with E-state index in [9.17, 15) is 14.4 Å². The van der Waals surface area contributed by atoms with E-state index in [4.69, 9.17) is 14.2 Å². The number of ether oxygens (including phenoxy) is 3. The van der Waals surface area contributed by atoms with Gasteiger partial charge >= 0.3 is 0 Å². The predicted molar refractivity (Wildman–Crippen MR) is 106 cm³/mol. The fourth-order valence-electron chi connectivity index (χ4n) is 2.44. The Morgan fingerprint density at radius 1 is 1.18 bits per heavy atom. The summed E-state index contributed by atoms with van der Waals surface area (Å²) in [5.41, 5.74) is 0.696. The fourth-order valence-corrected chi connectivity index (χ4v) is 3.28. The largest absolute Gasteiger partial charge is 0.490 e. The average molecular weight is 408 g/mol. The zero-order valence-corrected chi connectivity index (χ0v) is 17.0. The van der Waals surface area contributed by atoms with Gasteiger partial charge in [0.25, 0.3) is 11.1 Å². The van der Waals surface area contributed by atoms with Gasteiger partial charge in [-0.3, -0.25) is 19.3 Å². The first-order valence-corrected chi connectivity index (χ1v) is 9.72. The number of benzene rings is 1. The Bertz CT molecular complexity index is 765. The second kappa shape index (κ2) is 10.7. The molecule has 9 heteroatoms. The lowest BCUT2D eigenvalue weighted by atomic mass is 10.2. The highest BCUT2D eigenvalue weighted by atomic mass is 32.2. The molecular formula is C19H24N2O6S. The highest BCUT2D eigenvalue weighted by molar-refractivity contribution is 8.18. The quantitative estimate of drug-likeness (QED) is 0.469. The number of amides is 3. The van der Waals surface area contributed by atoms with E-state index in [0.29, 0.717) is 43.4 Å². The molecule has 0 aromatic heterocycles. The third-order valence-electron chi connectivity index (χ3n) is 3.67. The van der Waals surface area contributed by atoms with Crippen LogP contribution in [0.3, 0.4) is 0 Å². The van der Waals surface area contributed by atoms with Gasteiger partial charge in [-0.15, -0.1) is 0 Å². The second-order valence-corrected chi connectivity index (χ2v) is 6.68. The number of carbonyl (C=O) groups excluding carboxylic acids is 3. The van der Waals surface area contributed by atoms with E-state index in [1.807, 2.05) is 13.8 Å². The molecule has 28 heavy (non-hydrogen) atoms. The van der Waals surface area contributed by atoms with Crippen LogP contribution in [0.4, 0.5) is 4.79 Å². The molecule has 1 saturated heterocycles. The standard InChI is InChI=1S/C19H24N2O6S/c1-4-26-14-7-6-13(10-15(14)27-5-2)11-16-18(23)21(19(24)28-16)12-17(22)20-8-9-25-3/h6-7,10-11H,4-5,8-9,12H2,1-3H3,(H,20,22)/b16-11-. The highest BCUT2D eigenvalue weighted by Gasteiger charge is 2.36. The third-order valence-corrected chi connectivity index (χ3v) is 4.58. The van der Waals surface area contributed by atoms with Crippen LogP contribution in [0.25, 0.3) is 6.08 Å². The van der Waals surface area contributed by atoms with E-state index in [1.165, 1.54) is 7.11 Å². The Labute approximate surface area is 168 Å². The zero-order chi connectivity index (χ0) is 20.5. The molecule has 3 amide bonds. The average Bonchev–Trinajstić information content (AvgIpc) is 2.92. The van der Waals surface area contributed by atoms with Crippen LogP contribution in [0.2, 0.25) is 0 Å². The normalized spacial score (nSPS) is 15.2. The first-order valence-electron chi connectivity index (χ1n) is 8.90. The van der Waals surface area contributed by atoms with Gasteiger partial charge in [-0.25, -0.2) is 0 Å². The highest BCUT2D eigenvalue weighted by Crippen LogP contribution is 2.34. The van der Waals surface area contributed by atoms with Crippen molar-refractivity contribution in [2.24, 2.45) is 0 Å². The first-order chi connectivity index (χ1) is 13.5. The molecular weight excluding hydrogens is 384 g/mol. The van der Waals surface area contributed by atoms with Crippen molar-refractivity contribution in [3.05, 3.63) is 28.7 Å². The summed E-state index contributed by atoms with van der Waals surface area (Å²) in [6, 6.07) is 5.28. The minimum Gasteiger partial charge on any atom is -0.490 e. The van der Waals surface area contributed by atoms with E-state index in [2.05, 4.69) is 5.32 Å². The van der Waals surface area contributed by atoms with E-state index >= 15 is 0 Å².